The molecular formula is C31H31NO4. The standard InChI is InChI=1S/C31H31NO4/c1-22(27-13-7-10-23-9-2-3-12-28(23)27)8-6-11-26-20-32(29-14-4-5-15-30(29)36-26)24-16-18-25(19-17-24)35-21-31(33)34/h2-5,7,9-10,12-19,22,26H,6,8,11,20-21H2,1H3,(H,33,34)/t22-,26?/m0/s1. The van der Waals surface area contributed by atoms with E-state index in [9.17, 15) is 4.79 Å². The first-order chi connectivity index (χ1) is 17.6. The zero-order chi connectivity index (χ0) is 24.9. The quantitative estimate of drug-likeness (QED) is 0.274. The molecule has 5 nitrogen and oxygen atoms in total. The highest BCUT2D eigenvalue weighted by Gasteiger charge is 2.26. The molecule has 0 radical (unpaired) electrons. The monoisotopic (exact) mass is 481 g/mol. The van der Waals surface area contributed by atoms with Crippen molar-refractivity contribution in [2.45, 2.75) is 38.2 Å². The summed E-state index contributed by atoms with van der Waals surface area (Å²) in [5.74, 6) is 0.920. The molecule has 4 aromatic carbocycles. The minimum Gasteiger partial charge on any atom is -0.486 e. The van der Waals surface area contributed by atoms with E-state index in [1.54, 1.807) is 0 Å². The van der Waals surface area contributed by atoms with Crippen LogP contribution in [0.25, 0.3) is 10.8 Å². The highest BCUT2D eigenvalue weighted by atomic mass is 16.5. The van der Waals surface area contributed by atoms with E-state index in [1.165, 1.54) is 16.3 Å². The average Bonchev–Trinajstić information content (AvgIpc) is 2.91. The number of fused-ring (bicyclic) bond motifs is 2. The summed E-state index contributed by atoms with van der Waals surface area (Å²) in [4.78, 5) is 13.1. The Labute approximate surface area is 211 Å². The first-order valence-corrected chi connectivity index (χ1v) is 12.5. The molecule has 0 spiro atoms. The maximum absolute atomic E-state index is 10.8. The Morgan fingerprint density at radius 1 is 1.00 bits per heavy atom. The van der Waals surface area contributed by atoms with Gasteiger partial charge in [-0.15, -0.1) is 0 Å². The van der Waals surface area contributed by atoms with Gasteiger partial charge in [-0.2, -0.15) is 0 Å². The largest absolute Gasteiger partial charge is 0.486 e. The molecule has 0 amide bonds. The normalized spacial score (nSPS) is 15.7. The van der Waals surface area contributed by atoms with Gasteiger partial charge in [-0.3, -0.25) is 0 Å². The highest BCUT2D eigenvalue weighted by Crippen LogP contribution is 2.39. The lowest BCUT2D eigenvalue weighted by molar-refractivity contribution is -0.139. The summed E-state index contributed by atoms with van der Waals surface area (Å²) in [6.07, 6.45) is 3.24. The summed E-state index contributed by atoms with van der Waals surface area (Å²) in [6.45, 7) is 2.73. The van der Waals surface area contributed by atoms with Gasteiger partial charge >= 0.3 is 5.97 Å². The number of hydrogen-bond acceptors (Lipinski definition) is 4. The third-order valence-electron chi connectivity index (χ3n) is 6.86. The van der Waals surface area contributed by atoms with Crippen LogP contribution in [0.3, 0.4) is 0 Å². The van der Waals surface area contributed by atoms with Crippen LogP contribution in [-0.2, 0) is 4.79 Å². The Morgan fingerprint density at radius 3 is 2.58 bits per heavy atom. The van der Waals surface area contributed by atoms with Crippen LogP contribution in [0.15, 0.2) is 91.0 Å². The van der Waals surface area contributed by atoms with E-state index in [-0.39, 0.29) is 12.7 Å². The molecule has 5 rings (SSSR count). The number of carboxylic acids is 1. The maximum Gasteiger partial charge on any atom is 0.341 e. The Balaban J connectivity index is 1.26. The number of anilines is 2. The van der Waals surface area contributed by atoms with Crippen LogP contribution in [-0.4, -0.2) is 30.3 Å². The van der Waals surface area contributed by atoms with E-state index in [2.05, 4.69) is 60.4 Å². The minimum atomic E-state index is -0.987. The minimum absolute atomic E-state index is 0.0857. The molecule has 1 aliphatic rings. The summed E-state index contributed by atoms with van der Waals surface area (Å²) in [5, 5.41) is 11.5. The highest BCUT2D eigenvalue weighted by molar-refractivity contribution is 5.86. The summed E-state index contributed by atoms with van der Waals surface area (Å²) >= 11 is 0. The zero-order valence-electron chi connectivity index (χ0n) is 20.5. The second-order valence-electron chi connectivity index (χ2n) is 9.39. The number of rotatable bonds is 9. The topological polar surface area (TPSA) is 59.0 Å². The average molecular weight is 482 g/mol. The Morgan fingerprint density at radius 2 is 1.75 bits per heavy atom. The van der Waals surface area contributed by atoms with E-state index >= 15 is 0 Å². The number of nitrogens with zero attached hydrogens (tertiary/aromatic N) is 1. The fourth-order valence-corrected chi connectivity index (χ4v) is 5.05. The van der Waals surface area contributed by atoms with Gasteiger partial charge in [-0.25, -0.2) is 4.79 Å². The first kappa shape index (κ1) is 23.7. The van der Waals surface area contributed by atoms with E-state index < -0.39 is 5.97 Å². The number of aliphatic carboxylic acids is 1. The van der Waals surface area contributed by atoms with Crippen LogP contribution in [0.2, 0.25) is 0 Å². The van der Waals surface area contributed by atoms with Crippen molar-refractivity contribution < 1.29 is 19.4 Å². The van der Waals surface area contributed by atoms with E-state index in [4.69, 9.17) is 14.6 Å². The number of carbonyl (C=O) groups is 1. The van der Waals surface area contributed by atoms with Crippen LogP contribution in [0.4, 0.5) is 11.4 Å². The summed E-state index contributed by atoms with van der Waals surface area (Å²) in [5.41, 5.74) is 3.48. The number of para-hydroxylation sites is 2. The van der Waals surface area contributed by atoms with Crippen molar-refractivity contribution in [3.05, 3.63) is 96.6 Å². The van der Waals surface area contributed by atoms with Gasteiger partial charge in [0.25, 0.3) is 0 Å². The van der Waals surface area contributed by atoms with Gasteiger partial charge in [0.05, 0.1) is 12.2 Å². The first-order valence-electron chi connectivity index (χ1n) is 12.5. The Hall–Kier alpha value is -3.99. The lowest BCUT2D eigenvalue weighted by Gasteiger charge is -2.36. The lowest BCUT2D eigenvalue weighted by Crippen LogP contribution is -2.37. The SMILES string of the molecule is C[C@@H](CCCC1CN(c2ccc(OCC(=O)O)cc2)c2ccccc2O1)c1cccc2ccccc12. The third kappa shape index (κ3) is 5.30. The number of hydrogen-bond donors (Lipinski definition) is 1. The van der Waals surface area contributed by atoms with Crippen molar-refractivity contribution in [1.82, 2.24) is 0 Å². The molecule has 36 heavy (non-hydrogen) atoms. The van der Waals surface area contributed by atoms with Crippen LogP contribution in [0.5, 0.6) is 11.5 Å². The summed E-state index contributed by atoms with van der Waals surface area (Å²) in [7, 11) is 0. The third-order valence-corrected chi connectivity index (χ3v) is 6.86. The summed E-state index contributed by atoms with van der Waals surface area (Å²) < 4.78 is 11.7. The van der Waals surface area contributed by atoms with Crippen molar-refractivity contribution >= 4 is 28.1 Å². The zero-order valence-corrected chi connectivity index (χ0v) is 20.5. The van der Waals surface area contributed by atoms with Gasteiger partial charge in [0.2, 0.25) is 0 Å². The van der Waals surface area contributed by atoms with Gasteiger partial charge in [0.15, 0.2) is 6.61 Å². The summed E-state index contributed by atoms with van der Waals surface area (Å²) in [6, 6.07) is 30.9. The second kappa shape index (κ2) is 10.7. The van der Waals surface area contributed by atoms with Crippen molar-refractivity contribution in [1.29, 1.82) is 0 Å². The van der Waals surface area contributed by atoms with Gasteiger partial charge in [0, 0.05) is 5.69 Å². The molecule has 0 saturated carbocycles. The lowest BCUT2D eigenvalue weighted by atomic mass is 9.90. The van der Waals surface area contributed by atoms with Gasteiger partial charge in [-0.05, 0) is 77.9 Å². The molecule has 1 unspecified atom stereocenters. The van der Waals surface area contributed by atoms with Crippen LogP contribution in [0.1, 0.15) is 37.7 Å². The molecule has 0 saturated heterocycles. The molecule has 4 aromatic rings. The van der Waals surface area contributed by atoms with Crippen molar-refractivity contribution in [2.75, 3.05) is 18.1 Å². The number of ether oxygens (including phenoxy) is 2. The van der Waals surface area contributed by atoms with Gasteiger partial charge in [-0.1, -0.05) is 61.5 Å². The molecular weight excluding hydrogens is 450 g/mol. The fraction of sp³-hybridized carbons (Fsp3) is 0.258. The maximum atomic E-state index is 10.8. The number of carboxylic acid groups (broad SMARTS) is 1. The predicted molar refractivity (Wildman–Crippen MR) is 144 cm³/mol. The van der Waals surface area contributed by atoms with E-state index in [1.807, 2.05) is 42.5 Å². The van der Waals surface area contributed by atoms with Crippen LogP contribution in [0, 0.1) is 0 Å². The smallest absolute Gasteiger partial charge is 0.341 e. The molecule has 0 aromatic heterocycles. The number of benzene rings is 4. The predicted octanol–water partition coefficient (Wildman–Crippen LogP) is 7.18. The molecule has 0 aliphatic carbocycles. The van der Waals surface area contributed by atoms with Crippen LogP contribution < -0.4 is 14.4 Å². The molecule has 184 valence electrons. The Kier molecular flexibility index (Phi) is 7.08. The Bertz CT molecular complexity index is 1330. The van der Waals surface area contributed by atoms with E-state index in [0.717, 1.165) is 42.9 Å². The molecule has 1 aliphatic heterocycles. The van der Waals surface area contributed by atoms with Gasteiger partial charge < -0.3 is 19.5 Å². The molecule has 2 atom stereocenters. The second-order valence-corrected chi connectivity index (χ2v) is 9.39. The van der Waals surface area contributed by atoms with Crippen molar-refractivity contribution in [3.63, 3.8) is 0 Å². The molecule has 0 bridgehead atoms. The fourth-order valence-electron chi connectivity index (χ4n) is 5.05. The van der Waals surface area contributed by atoms with Crippen LogP contribution >= 0.6 is 0 Å². The van der Waals surface area contributed by atoms with Crippen molar-refractivity contribution in [3.8, 4) is 11.5 Å². The van der Waals surface area contributed by atoms with E-state index in [0.29, 0.717) is 11.7 Å². The molecule has 1 N–H and O–H groups in total. The van der Waals surface area contributed by atoms with Crippen molar-refractivity contribution in [2.24, 2.45) is 0 Å². The molecule has 0 fully saturated rings. The van der Waals surface area contributed by atoms with Gasteiger partial charge in [0.1, 0.15) is 17.6 Å². The molecule has 1 heterocycles. The molecule has 5 heteroatoms.